The zero-order valence-electron chi connectivity index (χ0n) is 14.6. The number of primary amides is 1. The minimum absolute atomic E-state index is 0.0333. The van der Waals surface area contributed by atoms with Gasteiger partial charge in [-0.2, -0.15) is 5.10 Å². The van der Waals surface area contributed by atoms with Crippen LogP contribution in [0, 0.1) is 24.0 Å². The summed E-state index contributed by atoms with van der Waals surface area (Å²) >= 11 is 0. The molecule has 1 fully saturated rings. The lowest BCUT2D eigenvalue weighted by Crippen LogP contribution is -2.45. The first-order chi connectivity index (χ1) is 12.3. The molecule has 0 saturated carbocycles. The van der Waals surface area contributed by atoms with Gasteiger partial charge in [-0.25, -0.2) is 4.98 Å². The van der Waals surface area contributed by atoms with Gasteiger partial charge in [0.05, 0.1) is 35.4 Å². The minimum atomic E-state index is -0.752. The summed E-state index contributed by atoms with van der Waals surface area (Å²) in [5, 5.41) is 15.4. The van der Waals surface area contributed by atoms with Gasteiger partial charge in [0.2, 0.25) is 0 Å². The minimum Gasteiger partial charge on any atom is -0.373 e. The first-order valence-corrected chi connectivity index (χ1v) is 8.17. The van der Waals surface area contributed by atoms with Crippen LogP contribution in [0.3, 0.4) is 0 Å². The average molecular weight is 360 g/mol. The molecular formula is C16H20N6O4. The molecule has 1 amide bonds. The maximum absolute atomic E-state index is 11.7. The number of hydrogen-bond donors (Lipinski definition) is 1. The van der Waals surface area contributed by atoms with Crippen LogP contribution in [0.5, 0.6) is 0 Å². The van der Waals surface area contributed by atoms with Gasteiger partial charge >= 0.3 is 0 Å². The summed E-state index contributed by atoms with van der Waals surface area (Å²) in [6, 6.07) is 3.15. The molecule has 2 aromatic rings. The molecule has 3 rings (SSSR count). The quantitative estimate of drug-likeness (QED) is 0.617. The van der Waals surface area contributed by atoms with E-state index in [1.807, 2.05) is 29.5 Å². The Kier molecular flexibility index (Phi) is 4.85. The Balaban J connectivity index is 1.82. The van der Waals surface area contributed by atoms with Crippen LogP contribution in [-0.2, 0) is 11.3 Å². The van der Waals surface area contributed by atoms with Gasteiger partial charge in [0, 0.05) is 24.8 Å². The van der Waals surface area contributed by atoms with Crippen LogP contribution in [-0.4, -0.2) is 51.4 Å². The van der Waals surface area contributed by atoms with Crippen molar-refractivity contribution in [2.75, 3.05) is 24.6 Å². The molecule has 2 aromatic heterocycles. The fraction of sp³-hybridized carbons (Fsp3) is 0.438. The van der Waals surface area contributed by atoms with Crippen molar-refractivity contribution in [2.45, 2.75) is 26.5 Å². The zero-order chi connectivity index (χ0) is 18.8. The summed E-state index contributed by atoms with van der Waals surface area (Å²) in [5.74, 6) is -0.414. The summed E-state index contributed by atoms with van der Waals surface area (Å²) in [7, 11) is 0. The van der Waals surface area contributed by atoms with Crippen LogP contribution < -0.4 is 10.6 Å². The van der Waals surface area contributed by atoms with Crippen molar-refractivity contribution in [3.8, 4) is 0 Å². The van der Waals surface area contributed by atoms with E-state index >= 15 is 0 Å². The van der Waals surface area contributed by atoms with E-state index in [9.17, 15) is 14.9 Å². The van der Waals surface area contributed by atoms with Crippen LogP contribution in [0.1, 0.15) is 21.7 Å². The molecule has 0 spiro atoms. The van der Waals surface area contributed by atoms with Crippen molar-refractivity contribution in [3.05, 3.63) is 45.4 Å². The number of rotatable bonds is 5. The maximum Gasteiger partial charge on any atom is 0.288 e. The van der Waals surface area contributed by atoms with Gasteiger partial charge in [-0.3, -0.25) is 19.6 Å². The molecule has 0 aliphatic carbocycles. The van der Waals surface area contributed by atoms with E-state index in [1.165, 1.54) is 0 Å². The molecule has 0 bridgehead atoms. The van der Waals surface area contributed by atoms with Gasteiger partial charge in [-0.05, 0) is 19.9 Å². The number of ether oxygens (including phenoxy) is 1. The number of hydrogen-bond acceptors (Lipinski definition) is 7. The van der Waals surface area contributed by atoms with Crippen molar-refractivity contribution in [1.82, 2.24) is 14.8 Å². The topological polar surface area (TPSA) is 129 Å². The number of carbonyl (C=O) groups excluding carboxylic acids is 1. The van der Waals surface area contributed by atoms with Gasteiger partial charge in [-0.1, -0.05) is 0 Å². The number of amides is 1. The highest BCUT2D eigenvalue weighted by Gasteiger charge is 2.27. The van der Waals surface area contributed by atoms with Crippen LogP contribution in [0.15, 0.2) is 18.3 Å². The third-order valence-corrected chi connectivity index (χ3v) is 4.25. The normalized spacial score (nSPS) is 17.3. The SMILES string of the molecule is Cc1cc(C)n(CC2CN(c3ncc([N+](=O)[O-])cc3C(N)=O)CCO2)n1. The van der Waals surface area contributed by atoms with Gasteiger partial charge in [0.1, 0.15) is 12.0 Å². The van der Waals surface area contributed by atoms with E-state index in [0.717, 1.165) is 23.7 Å². The third kappa shape index (κ3) is 3.64. The molecule has 1 aliphatic heterocycles. The average Bonchev–Trinajstić information content (AvgIpc) is 2.91. The van der Waals surface area contributed by atoms with Crippen molar-refractivity contribution in [2.24, 2.45) is 5.73 Å². The van der Waals surface area contributed by atoms with Crippen molar-refractivity contribution >= 4 is 17.4 Å². The van der Waals surface area contributed by atoms with E-state index < -0.39 is 10.8 Å². The molecule has 26 heavy (non-hydrogen) atoms. The molecule has 10 nitrogen and oxygen atoms in total. The molecule has 1 atom stereocenters. The summed E-state index contributed by atoms with van der Waals surface area (Å²) in [5.41, 5.74) is 7.13. The fourth-order valence-electron chi connectivity index (χ4n) is 3.05. The predicted octanol–water partition coefficient (Wildman–Crippen LogP) is 0.807. The van der Waals surface area contributed by atoms with Crippen LogP contribution in [0.4, 0.5) is 11.5 Å². The Morgan fingerprint density at radius 2 is 2.23 bits per heavy atom. The Morgan fingerprint density at radius 1 is 1.46 bits per heavy atom. The molecule has 3 heterocycles. The Labute approximate surface area is 149 Å². The monoisotopic (exact) mass is 360 g/mol. The Morgan fingerprint density at radius 3 is 2.85 bits per heavy atom. The number of anilines is 1. The number of nitrogens with two attached hydrogens (primary N) is 1. The zero-order valence-corrected chi connectivity index (χ0v) is 14.6. The lowest BCUT2D eigenvalue weighted by Gasteiger charge is -2.34. The summed E-state index contributed by atoms with van der Waals surface area (Å²) in [4.78, 5) is 28.0. The van der Waals surface area contributed by atoms with Crippen LogP contribution in [0.25, 0.3) is 0 Å². The molecule has 138 valence electrons. The van der Waals surface area contributed by atoms with E-state index in [0.29, 0.717) is 32.1 Å². The Hall–Kier alpha value is -3.01. The van der Waals surface area contributed by atoms with Crippen molar-refractivity contribution in [3.63, 3.8) is 0 Å². The van der Waals surface area contributed by atoms with Gasteiger partial charge in [-0.15, -0.1) is 0 Å². The number of carbonyl (C=O) groups is 1. The maximum atomic E-state index is 11.7. The molecule has 0 aromatic carbocycles. The predicted molar refractivity (Wildman–Crippen MR) is 93.1 cm³/mol. The van der Waals surface area contributed by atoms with Crippen LogP contribution in [0.2, 0.25) is 0 Å². The molecular weight excluding hydrogens is 340 g/mol. The standard InChI is InChI=1S/C16H20N6O4/c1-10-5-11(2)21(19-10)9-13-8-20(3-4-26-13)16-14(15(17)23)6-12(7-18-16)22(24)25/h5-7,13H,3-4,8-9H2,1-2H3,(H2,17,23). The van der Waals surface area contributed by atoms with E-state index in [4.69, 9.17) is 10.5 Å². The largest absolute Gasteiger partial charge is 0.373 e. The highest BCUT2D eigenvalue weighted by molar-refractivity contribution is 5.98. The lowest BCUT2D eigenvalue weighted by molar-refractivity contribution is -0.385. The Bertz CT molecular complexity index is 849. The molecule has 0 radical (unpaired) electrons. The smallest absolute Gasteiger partial charge is 0.288 e. The second-order valence-electron chi connectivity index (χ2n) is 6.23. The molecule has 1 aliphatic rings. The summed E-state index contributed by atoms with van der Waals surface area (Å²) < 4.78 is 7.68. The highest BCUT2D eigenvalue weighted by Crippen LogP contribution is 2.24. The van der Waals surface area contributed by atoms with Crippen molar-refractivity contribution < 1.29 is 14.5 Å². The fourth-order valence-corrected chi connectivity index (χ4v) is 3.05. The van der Waals surface area contributed by atoms with Crippen LogP contribution >= 0.6 is 0 Å². The number of pyridine rings is 1. The second-order valence-corrected chi connectivity index (χ2v) is 6.23. The van der Waals surface area contributed by atoms with E-state index in [1.54, 1.807) is 0 Å². The molecule has 1 unspecified atom stereocenters. The molecule has 1 saturated heterocycles. The number of nitro groups is 1. The highest BCUT2D eigenvalue weighted by atomic mass is 16.6. The first kappa shape index (κ1) is 17.8. The number of morpholine rings is 1. The first-order valence-electron chi connectivity index (χ1n) is 8.17. The van der Waals surface area contributed by atoms with Crippen molar-refractivity contribution in [1.29, 1.82) is 0 Å². The summed E-state index contributed by atoms with van der Waals surface area (Å²) in [6.07, 6.45) is 0.979. The van der Waals surface area contributed by atoms with Gasteiger partial charge in [0.15, 0.2) is 0 Å². The number of nitrogens with zero attached hydrogens (tertiary/aromatic N) is 5. The van der Waals surface area contributed by atoms with Gasteiger partial charge in [0.25, 0.3) is 11.6 Å². The molecule has 10 heteroatoms. The molecule has 2 N–H and O–H groups in total. The summed E-state index contributed by atoms with van der Waals surface area (Å²) in [6.45, 7) is 5.90. The third-order valence-electron chi connectivity index (χ3n) is 4.25. The number of aromatic nitrogens is 3. The lowest BCUT2D eigenvalue weighted by atomic mass is 10.2. The second kappa shape index (κ2) is 7.08. The number of aryl methyl sites for hydroxylation is 2. The van der Waals surface area contributed by atoms with Gasteiger partial charge < -0.3 is 15.4 Å². The van der Waals surface area contributed by atoms with E-state index in [2.05, 4.69) is 10.1 Å². The van der Waals surface area contributed by atoms with E-state index in [-0.39, 0.29) is 17.4 Å².